The van der Waals surface area contributed by atoms with Gasteiger partial charge in [-0.2, -0.15) is 0 Å². The molecular weight excluding hydrogens is 328 g/mol. The Bertz CT molecular complexity index is 800. The zero-order chi connectivity index (χ0) is 17.4. The van der Waals surface area contributed by atoms with Crippen molar-refractivity contribution < 1.29 is 17.9 Å². The van der Waals surface area contributed by atoms with Crippen molar-refractivity contribution in [3.63, 3.8) is 0 Å². The second kappa shape index (κ2) is 8.26. The van der Waals surface area contributed by atoms with Gasteiger partial charge in [0.25, 0.3) is 0 Å². The molecule has 0 aliphatic heterocycles. The summed E-state index contributed by atoms with van der Waals surface area (Å²) >= 11 is 0. The number of rotatable bonds is 7. The molecule has 0 aliphatic carbocycles. The molecule has 1 aromatic carbocycles. The number of carbonyl (C=O) groups is 1. The highest BCUT2D eigenvalue weighted by molar-refractivity contribution is 7.91. The maximum absolute atomic E-state index is 12.1. The quantitative estimate of drug-likeness (QED) is 0.615. The molecule has 0 radical (unpaired) electrons. The predicted octanol–water partition coefficient (Wildman–Crippen LogP) is 2.60. The van der Waals surface area contributed by atoms with Crippen LogP contribution in [0.4, 0.5) is 5.69 Å². The van der Waals surface area contributed by atoms with Gasteiger partial charge in [0.15, 0.2) is 0 Å². The normalized spacial score (nSPS) is 11.4. The van der Waals surface area contributed by atoms with Gasteiger partial charge in [-0.15, -0.1) is 0 Å². The Balaban J connectivity index is 1.99. The van der Waals surface area contributed by atoms with Crippen LogP contribution in [-0.4, -0.2) is 26.0 Å². The largest absolute Gasteiger partial charge is 0.463 e. The van der Waals surface area contributed by atoms with E-state index in [0.29, 0.717) is 17.9 Å². The Morgan fingerprint density at radius 3 is 2.62 bits per heavy atom. The van der Waals surface area contributed by atoms with E-state index >= 15 is 0 Å². The van der Waals surface area contributed by atoms with Crippen LogP contribution in [-0.2, 0) is 25.3 Å². The zero-order valence-corrected chi connectivity index (χ0v) is 14.0. The van der Waals surface area contributed by atoms with Crippen LogP contribution in [0.2, 0.25) is 0 Å². The van der Waals surface area contributed by atoms with Crippen LogP contribution in [0, 0.1) is 0 Å². The summed E-state index contributed by atoms with van der Waals surface area (Å²) in [7, 11) is -3.52. The number of nitrogens with zero attached hydrogens (tertiary/aromatic N) is 1. The van der Waals surface area contributed by atoms with E-state index in [4.69, 9.17) is 4.74 Å². The van der Waals surface area contributed by atoms with Crippen molar-refractivity contribution in [3.05, 3.63) is 66.0 Å². The van der Waals surface area contributed by atoms with Gasteiger partial charge in [-0.3, -0.25) is 9.71 Å². The maximum Gasteiger partial charge on any atom is 0.330 e. The fraction of sp³-hybridized carbons (Fsp3) is 0.176. The second-order valence-electron chi connectivity index (χ2n) is 4.93. The highest BCUT2D eigenvalue weighted by atomic mass is 32.2. The number of anilines is 1. The van der Waals surface area contributed by atoms with Crippen molar-refractivity contribution in [3.8, 4) is 0 Å². The molecule has 126 valence electrons. The number of sulfonamides is 1. The van der Waals surface area contributed by atoms with Gasteiger partial charge in [0.1, 0.15) is 0 Å². The molecule has 0 saturated carbocycles. The highest BCUT2D eigenvalue weighted by Gasteiger charge is 2.11. The molecule has 0 saturated heterocycles. The number of esters is 1. The third-order valence-electron chi connectivity index (χ3n) is 2.97. The van der Waals surface area contributed by atoms with E-state index in [-0.39, 0.29) is 5.75 Å². The molecule has 0 bridgehead atoms. The minimum absolute atomic E-state index is 0.149. The number of aromatic nitrogens is 1. The third kappa shape index (κ3) is 5.85. The summed E-state index contributed by atoms with van der Waals surface area (Å²) in [5, 5.41) is 0. The zero-order valence-electron chi connectivity index (χ0n) is 13.2. The van der Waals surface area contributed by atoms with Crippen LogP contribution in [0.1, 0.15) is 18.1 Å². The van der Waals surface area contributed by atoms with Gasteiger partial charge in [0.2, 0.25) is 10.0 Å². The summed E-state index contributed by atoms with van der Waals surface area (Å²) in [5.41, 5.74) is 1.84. The van der Waals surface area contributed by atoms with E-state index in [9.17, 15) is 13.2 Å². The van der Waals surface area contributed by atoms with E-state index in [2.05, 4.69) is 9.71 Å². The summed E-state index contributed by atoms with van der Waals surface area (Å²) in [5.74, 6) is -0.561. The van der Waals surface area contributed by atoms with Crippen LogP contribution in [0.25, 0.3) is 6.08 Å². The first-order valence-corrected chi connectivity index (χ1v) is 8.98. The first-order valence-electron chi connectivity index (χ1n) is 7.33. The summed E-state index contributed by atoms with van der Waals surface area (Å²) in [4.78, 5) is 15.1. The van der Waals surface area contributed by atoms with Gasteiger partial charge in [-0.05, 0) is 36.3 Å². The lowest BCUT2D eigenvalue weighted by Crippen LogP contribution is -2.15. The number of carbonyl (C=O) groups excluding carboxylic acids is 1. The lowest BCUT2D eigenvalue weighted by atomic mass is 10.1. The van der Waals surface area contributed by atoms with Crippen molar-refractivity contribution in [2.45, 2.75) is 12.7 Å². The van der Waals surface area contributed by atoms with Crippen LogP contribution < -0.4 is 4.72 Å². The number of benzene rings is 1. The lowest BCUT2D eigenvalue weighted by Gasteiger charge is -2.07. The van der Waals surface area contributed by atoms with Gasteiger partial charge >= 0.3 is 5.97 Å². The third-order valence-corrected chi connectivity index (χ3v) is 4.23. The van der Waals surface area contributed by atoms with Crippen LogP contribution in [0.15, 0.2) is 54.9 Å². The highest BCUT2D eigenvalue weighted by Crippen LogP contribution is 2.13. The summed E-state index contributed by atoms with van der Waals surface area (Å²) < 4.78 is 31.5. The van der Waals surface area contributed by atoms with Gasteiger partial charge < -0.3 is 4.74 Å². The molecule has 0 atom stereocenters. The van der Waals surface area contributed by atoms with Gasteiger partial charge in [-0.25, -0.2) is 13.2 Å². The monoisotopic (exact) mass is 346 g/mol. The summed E-state index contributed by atoms with van der Waals surface area (Å²) in [6.45, 7) is 2.06. The fourth-order valence-electron chi connectivity index (χ4n) is 1.94. The van der Waals surface area contributed by atoms with E-state index in [1.54, 1.807) is 55.6 Å². The molecule has 24 heavy (non-hydrogen) atoms. The molecule has 1 aromatic heterocycles. The van der Waals surface area contributed by atoms with Crippen molar-refractivity contribution in [1.82, 2.24) is 4.98 Å². The topological polar surface area (TPSA) is 85.4 Å². The molecule has 2 rings (SSSR count). The molecule has 0 aliphatic rings. The first-order chi connectivity index (χ1) is 11.5. The molecule has 1 heterocycles. The molecule has 0 amide bonds. The molecule has 0 unspecified atom stereocenters. The molecule has 1 N–H and O–H groups in total. The Hall–Kier alpha value is -2.67. The summed E-state index contributed by atoms with van der Waals surface area (Å²) in [6, 6.07) is 10.2. The average molecular weight is 346 g/mol. The molecule has 2 aromatic rings. The summed E-state index contributed by atoms with van der Waals surface area (Å²) in [6.07, 6.45) is 5.96. The van der Waals surface area contributed by atoms with Gasteiger partial charge in [-0.1, -0.05) is 24.3 Å². The number of hydrogen-bond acceptors (Lipinski definition) is 5. The molecule has 0 fully saturated rings. The Morgan fingerprint density at radius 1 is 1.25 bits per heavy atom. The SMILES string of the molecule is CCOC(=O)C=Cc1ccc(CS(=O)(=O)Nc2cccnc2)cc1. The van der Waals surface area contributed by atoms with E-state index in [1.807, 2.05) is 0 Å². The van der Waals surface area contributed by atoms with Crippen molar-refractivity contribution in [2.75, 3.05) is 11.3 Å². The van der Waals surface area contributed by atoms with Gasteiger partial charge in [0.05, 0.1) is 24.2 Å². The van der Waals surface area contributed by atoms with E-state index < -0.39 is 16.0 Å². The first kappa shape index (κ1) is 17.7. The molecule has 6 nitrogen and oxygen atoms in total. The molecular formula is C17H18N2O4S. The Morgan fingerprint density at radius 2 is 2.00 bits per heavy atom. The van der Waals surface area contributed by atoms with Gasteiger partial charge in [0, 0.05) is 12.3 Å². The molecule has 0 spiro atoms. The maximum atomic E-state index is 12.1. The predicted molar refractivity (Wildman–Crippen MR) is 92.6 cm³/mol. The van der Waals surface area contributed by atoms with Crippen molar-refractivity contribution in [1.29, 1.82) is 0 Å². The lowest BCUT2D eigenvalue weighted by molar-refractivity contribution is -0.137. The van der Waals surface area contributed by atoms with E-state index in [1.165, 1.54) is 12.3 Å². The standard InChI is InChI=1S/C17H18N2O4S/c1-2-23-17(20)10-9-14-5-7-15(8-6-14)13-24(21,22)19-16-4-3-11-18-12-16/h3-12,19H,2,13H2,1H3. The van der Waals surface area contributed by atoms with Crippen molar-refractivity contribution >= 4 is 27.8 Å². The van der Waals surface area contributed by atoms with E-state index in [0.717, 1.165) is 5.56 Å². The average Bonchev–Trinajstić information content (AvgIpc) is 2.54. The minimum Gasteiger partial charge on any atom is -0.463 e. The van der Waals surface area contributed by atoms with Crippen LogP contribution in [0.5, 0.6) is 0 Å². The number of hydrogen-bond donors (Lipinski definition) is 1. The minimum atomic E-state index is -3.52. The number of nitrogens with one attached hydrogen (secondary N) is 1. The fourth-order valence-corrected chi connectivity index (χ4v) is 3.12. The number of pyridine rings is 1. The molecule has 7 heteroatoms. The Labute approximate surface area is 141 Å². The smallest absolute Gasteiger partial charge is 0.330 e. The van der Waals surface area contributed by atoms with Crippen LogP contribution in [0.3, 0.4) is 0 Å². The van der Waals surface area contributed by atoms with Crippen LogP contribution >= 0.6 is 0 Å². The number of ether oxygens (including phenoxy) is 1. The second-order valence-corrected chi connectivity index (χ2v) is 6.65. The van der Waals surface area contributed by atoms with Crippen molar-refractivity contribution in [2.24, 2.45) is 0 Å². The Kier molecular flexibility index (Phi) is 6.08.